The summed E-state index contributed by atoms with van der Waals surface area (Å²) in [7, 11) is 1.22. The molecule has 0 amide bonds. The number of hydrogen-bond acceptors (Lipinski definition) is 6. The van der Waals surface area contributed by atoms with E-state index in [4.69, 9.17) is 0 Å². The smallest absolute Gasteiger partial charge is 0.309 e. The molecular weight excluding hydrogens is 264 g/mol. The van der Waals surface area contributed by atoms with Crippen molar-refractivity contribution >= 4 is 11.8 Å². The molecule has 0 unspecified atom stereocenters. The van der Waals surface area contributed by atoms with E-state index in [0.29, 0.717) is 12.8 Å². The van der Waals surface area contributed by atoms with Gasteiger partial charge in [0.15, 0.2) is 5.78 Å². The molecule has 1 saturated carbocycles. The third kappa shape index (κ3) is 2.46. The fourth-order valence-electron chi connectivity index (χ4n) is 2.65. The standard InChI is InChI=1S/C14H16O6/c1-20-14(19)8-3-5-11(17)12(8)13(18)9-6-7(15)2-4-10(9)16/h2,4,6,8,11-12,15-17H,3,5H2,1H3/t8-,11-,12-/m1/s1. The lowest BCUT2D eigenvalue weighted by molar-refractivity contribution is -0.146. The van der Waals surface area contributed by atoms with Crippen molar-refractivity contribution in [1.82, 2.24) is 0 Å². The third-order valence-electron chi connectivity index (χ3n) is 3.67. The third-order valence-corrected chi connectivity index (χ3v) is 3.67. The van der Waals surface area contributed by atoms with Crippen LogP contribution in [0.15, 0.2) is 18.2 Å². The molecule has 0 aromatic heterocycles. The van der Waals surface area contributed by atoms with Crippen molar-refractivity contribution in [2.75, 3.05) is 7.11 Å². The highest BCUT2D eigenvalue weighted by Gasteiger charge is 2.45. The number of aromatic hydroxyl groups is 2. The number of rotatable bonds is 3. The molecule has 0 spiro atoms. The van der Waals surface area contributed by atoms with Crippen molar-refractivity contribution < 1.29 is 29.6 Å². The lowest BCUT2D eigenvalue weighted by Crippen LogP contribution is -2.32. The van der Waals surface area contributed by atoms with E-state index in [9.17, 15) is 24.9 Å². The number of aliphatic hydroxyl groups is 1. The number of carbonyl (C=O) groups excluding carboxylic acids is 2. The maximum Gasteiger partial charge on any atom is 0.309 e. The highest BCUT2D eigenvalue weighted by molar-refractivity contribution is 6.03. The Balaban J connectivity index is 2.35. The van der Waals surface area contributed by atoms with Crippen LogP contribution in [0.3, 0.4) is 0 Å². The Morgan fingerprint density at radius 1 is 1.25 bits per heavy atom. The van der Waals surface area contributed by atoms with Gasteiger partial charge in [-0.15, -0.1) is 0 Å². The normalized spacial score (nSPS) is 25.4. The van der Waals surface area contributed by atoms with Crippen molar-refractivity contribution in [1.29, 1.82) is 0 Å². The molecule has 0 heterocycles. The molecule has 0 bridgehead atoms. The highest BCUT2D eigenvalue weighted by Crippen LogP contribution is 2.37. The second-order valence-corrected chi connectivity index (χ2v) is 4.87. The zero-order chi connectivity index (χ0) is 14.9. The first kappa shape index (κ1) is 14.3. The number of ether oxygens (including phenoxy) is 1. The predicted molar refractivity (Wildman–Crippen MR) is 68.3 cm³/mol. The lowest BCUT2D eigenvalue weighted by Gasteiger charge is -2.19. The van der Waals surface area contributed by atoms with Gasteiger partial charge in [0.1, 0.15) is 11.5 Å². The van der Waals surface area contributed by atoms with E-state index in [1.807, 2.05) is 0 Å². The van der Waals surface area contributed by atoms with Gasteiger partial charge in [0.25, 0.3) is 0 Å². The second kappa shape index (κ2) is 5.50. The number of methoxy groups -OCH3 is 1. The number of esters is 1. The van der Waals surface area contributed by atoms with Crippen LogP contribution >= 0.6 is 0 Å². The summed E-state index contributed by atoms with van der Waals surface area (Å²) < 4.78 is 4.64. The van der Waals surface area contributed by atoms with Gasteiger partial charge >= 0.3 is 5.97 Å². The zero-order valence-corrected chi connectivity index (χ0v) is 10.9. The fraction of sp³-hybridized carbons (Fsp3) is 0.429. The maximum atomic E-state index is 12.4. The molecule has 0 radical (unpaired) electrons. The SMILES string of the molecule is COC(=O)[C@@H]1CC[C@@H](O)[C@@H]1C(=O)c1cc(O)ccc1O. The molecule has 2 rings (SSSR count). The van der Waals surface area contributed by atoms with Crippen LogP contribution in [0.2, 0.25) is 0 Å². The Labute approximate surface area is 115 Å². The van der Waals surface area contributed by atoms with Crippen LogP contribution in [-0.2, 0) is 9.53 Å². The summed E-state index contributed by atoms with van der Waals surface area (Å²) in [5, 5.41) is 29.0. The van der Waals surface area contributed by atoms with Gasteiger partial charge in [-0.3, -0.25) is 9.59 Å². The molecule has 6 nitrogen and oxygen atoms in total. The molecule has 6 heteroatoms. The second-order valence-electron chi connectivity index (χ2n) is 4.87. The van der Waals surface area contributed by atoms with Gasteiger partial charge < -0.3 is 20.1 Å². The van der Waals surface area contributed by atoms with Gasteiger partial charge in [-0.25, -0.2) is 0 Å². The number of carbonyl (C=O) groups is 2. The van der Waals surface area contributed by atoms with Crippen LogP contribution in [0, 0.1) is 11.8 Å². The molecule has 1 aromatic rings. The summed E-state index contributed by atoms with van der Waals surface area (Å²) in [4.78, 5) is 24.1. The number of ketones is 1. The van der Waals surface area contributed by atoms with Crippen molar-refractivity contribution in [3.8, 4) is 11.5 Å². The molecule has 1 fully saturated rings. The van der Waals surface area contributed by atoms with E-state index in [0.717, 1.165) is 6.07 Å². The van der Waals surface area contributed by atoms with Crippen LogP contribution < -0.4 is 0 Å². The summed E-state index contributed by atoms with van der Waals surface area (Å²) in [6, 6.07) is 3.56. The number of hydrogen-bond donors (Lipinski definition) is 3. The highest BCUT2D eigenvalue weighted by atomic mass is 16.5. The van der Waals surface area contributed by atoms with E-state index >= 15 is 0 Å². The van der Waals surface area contributed by atoms with Crippen molar-refractivity contribution in [3.05, 3.63) is 23.8 Å². The summed E-state index contributed by atoms with van der Waals surface area (Å²) >= 11 is 0. The van der Waals surface area contributed by atoms with Gasteiger partial charge in [-0.1, -0.05) is 0 Å². The van der Waals surface area contributed by atoms with E-state index in [1.54, 1.807) is 0 Å². The molecule has 20 heavy (non-hydrogen) atoms. The van der Waals surface area contributed by atoms with E-state index in [1.165, 1.54) is 19.2 Å². The minimum atomic E-state index is -0.964. The molecule has 1 aliphatic carbocycles. The van der Waals surface area contributed by atoms with Gasteiger partial charge in [0.05, 0.1) is 30.6 Å². The Morgan fingerprint density at radius 3 is 2.60 bits per heavy atom. The van der Waals surface area contributed by atoms with Gasteiger partial charge in [-0.2, -0.15) is 0 Å². The Bertz CT molecular complexity index is 538. The minimum absolute atomic E-state index is 0.107. The lowest BCUT2D eigenvalue weighted by atomic mass is 9.86. The Morgan fingerprint density at radius 2 is 1.95 bits per heavy atom. The van der Waals surface area contributed by atoms with Gasteiger partial charge in [0.2, 0.25) is 0 Å². The van der Waals surface area contributed by atoms with Crippen LogP contribution in [-0.4, -0.2) is 40.3 Å². The van der Waals surface area contributed by atoms with E-state index in [-0.39, 0.29) is 17.1 Å². The van der Waals surface area contributed by atoms with Gasteiger partial charge in [0, 0.05) is 0 Å². The van der Waals surface area contributed by atoms with Crippen LogP contribution in [0.5, 0.6) is 11.5 Å². The van der Waals surface area contributed by atoms with Crippen molar-refractivity contribution in [2.24, 2.45) is 11.8 Å². The molecule has 0 aliphatic heterocycles. The van der Waals surface area contributed by atoms with Crippen molar-refractivity contribution in [2.45, 2.75) is 18.9 Å². The topological polar surface area (TPSA) is 104 Å². The number of phenols is 2. The summed E-state index contributed by atoms with van der Waals surface area (Å²) in [5.41, 5.74) is -0.107. The Kier molecular flexibility index (Phi) is 3.94. The summed E-state index contributed by atoms with van der Waals surface area (Å²) in [6.07, 6.45) is -0.298. The average molecular weight is 280 g/mol. The van der Waals surface area contributed by atoms with Crippen LogP contribution in [0.25, 0.3) is 0 Å². The van der Waals surface area contributed by atoms with Crippen LogP contribution in [0.1, 0.15) is 23.2 Å². The molecule has 1 aromatic carbocycles. The predicted octanol–water partition coefficient (Wildman–Crippen LogP) is 0.841. The average Bonchev–Trinajstić information content (AvgIpc) is 2.81. The van der Waals surface area contributed by atoms with E-state index in [2.05, 4.69) is 4.74 Å². The first-order chi connectivity index (χ1) is 9.45. The molecule has 3 atom stereocenters. The maximum absolute atomic E-state index is 12.4. The molecule has 108 valence electrons. The quantitative estimate of drug-likeness (QED) is 0.430. The number of benzene rings is 1. The number of phenolic OH excluding ortho intramolecular Hbond substituents is 2. The summed E-state index contributed by atoms with van der Waals surface area (Å²) in [5.74, 6) is -3.29. The van der Waals surface area contributed by atoms with Gasteiger partial charge in [-0.05, 0) is 31.0 Å². The zero-order valence-electron chi connectivity index (χ0n) is 10.9. The number of Topliss-reactive ketones (excluding diaryl/α,β-unsaturated/α-hetero) is 1. The van der Waals surface area contributed by atoms with E-state index < -0.39 is 29.7 Å². The molecule has 1 aliphatic rings. The largest absolute Gasteiger partial charge is 0.508 e. The number of aliphatic hydroxyl groups excluding tert-OH is 1. The monoisotopic (exact) mass is 280 g/mol. The van der Waals surface area contributed by atoms with Crippen molar-refractivity contribution in [3.63, 3.8) is 0 Å². The Hall–Kier alpha value is -2.08. The minimum Gasteiger partial charge on any atom is -0.508 e. The first-order valence-corrected chi connectivity index (χ1v) is 6.27. The summed E-state index contributed by atoms with van der Waals surface area (Å²) in [6.45, 7) is 0. The van der Waals surface area contributed by atoms with Crippen LogP contribution in [0.4, 0.5) is 0 Å². The first-order valence-electron chi connectivity index (χ1n) is 6.27. The molecule has 3 N–H and O–H groups in total. The fourth-order valence-corrected chi connectivity index (χ4v) is 2.65. The molecular formula is C14H16O6. The molecule has 0 saturated heterocycles.